The SMILES string of the molecule is C#CCn1cc(/C=C(/C#N)c2ccc(C)cc2)c2ccccc21. The average Bonchev–Trinajstić information content (AvgIpc) is 2.92. The molecule has 2 heteroatoms. The summed E-state index contributed by atoms with van der Waals surface area (Å²) in [6, 6.07) is 18.4. The van der Waals surface area contributed by atoms with E-state index in [0.717, 1.165) is 22.0 Å². The van der Waals surface area contributed by atoms with Crippen LogP contribution in [-0.4, -0.2) is 4.57 Å². The lowest BCUT2D eigenvalue weighted by atomic mass is 10.0. The molecular formula is C21H16N2. The molecule has 1 aromatic heterocycles. The lowest BCUT2D eigenvalue weighted by molar-refractivity contribution is 0.886. The quantitative estimate of drug-likeness (QED) is 0.511. The molecule has 3 aromatic rings. The third-order valence-corrected chi connectivity index (χ3v) is 3.86. The summed E-state index contributed by atoms with van der Waals surface area (Å²) in [6.07, 6.45) is 9.40. The summed E-state index contributed by atoms with van der Waals surface area (Å²) in [7, 11) is 0. The van der Waals surface area contributed by atoms with Crippen LogP contribution in [0.5, 0.6) is 0 Å². The number of hydrogen-bond donors (Lipinski definition) is 0. The molecule has 1 heterocycles. The van der Waals surface area contributed by atoms with E-state index in [1.54, 1.807) is 0 Å². The highest BCUT2D eigenvalue weighted by Gasteiger charge is 2.08. The minimum atomic E-state index is 0.515. The highest BCUT2D eigenvalue weighted by Crippen LogP contribution is 2.26. The molecule has 2 nitrogen and oxygen atoms in total. The fourth-order valence-electron chi connectivity index (χ4n) is 2.69. The van der Waals surface area contributed by atoms with Crippen molar-refractivity contribution in [2.75, 3.05) is 0 Å². The smallest absolute Gasteiger partial charge is 0.0998 e. The second-order valence-corrected chi connectivity index (χ2v) is 5.47. The molecule has 0 spiro atoms. The normalized spacial score (nSPS) is 11.2. The number of fused-ring (bicyclic) bond motifs is 1. The molecule has 110 valence electrons. The van der Waals surface area contributed by atoms with Crippen LogP contribution in [0.25, 0.3) is 22.6 Å². The van der Waals surface area contributed by atoms with Crippen molar-refractivity contribution in [1.82, 2.24) is 4.57 Å². The summed E-state index contributed by atoms with van der Waals surface area (Å²) in [5.74, 6) is 2.67. The van der Waals surface area contributed by atoms with Gasteiger partial charge in [-0.05, 0) is 24.6 Å². The van der Waals surface area contributed by atoms with Gasteiger partial charge in [0.1, 0.15) is 0 Å². The summed E-state index contributed by atoms with van der Waals surface area (Å²) in [5.41, 5.74) is 4.84. The minimum absolute atomic E-state index is 0.515. The molecule has 0 aliphatic carbocycles. The zero-order valence-electron chi connectivity index (χ0n) is 13.0. The Morgan fingerprint density at radius 2 is 1.91 bits per heavy atom. The number of para-hydroxylation sites is 1. The molecule has 0 N–H and O–H groups in total. The third-order valence-electron chi connectivity index (χ3n) is 3.86. The van der Waals surface area contributed by atoms with Crippen LogP contribution < -0.4 is 0 Å². The number of allylic oxidation sites excluding steroid dienone is 1. The van der Waals surface area contributed by atoms with Gasteiger partial charge in [-0.3, -0.25) is 0 Å². The summed E-state index contributed by atoms with van der Waals surface area (Å²) in [4.78, 5) is 0. The number of terminal acetylenes is 1. The summed E-state index contributed by atoms with van der Waals surface area (Å²) in [5, 5.41) is 10.6. The van der Waals surface area contributed by atoms with Crippen LogP contribution in [0.15, 0.2) is 54.7 Å². The van der Waals surface area contributed by atoms with Crippen LogP contribution in [-0.2, 0) is 6.54 Å². The van der Waals surface area contributed by atoms with Crippen LogP contribution in [0, 0.1) is 30.6 Å². The number of nitriles is 1. The molecule has 0 radical (unpaired) electrons. The maximum Gasteiger partial charge on any atom is 0.0998 e. The number of hydrogen-bond acceptors (Lipinski definition) is 1. The summed E-state index contributed by atoms with van der Waals surface area (Å²) in [6.45, 7) is 2.55. The van der Waals surface area contributed by atoms with E-state index in [9.17, 15) is 5.26 Å². The lowest BCUT2D eigenvalue weighted by Gasteiger charge is -2.00. The largest absolute Gasteiger partial charge is 0.335 e. The molecule has 0 unspecified atom stereocenters. The first-order valence-electron chi connectivity index (χ1n) is 7.43. The second kappa shape index (κ2) is 6.26. The molecule has 0 amide bonds. The van der Waals surface area contributed by atoms with Crippen molar-refractivity contribution >= 4 is 22.6 Å². The number of nitrogens with zero attached hydrogens (tertiary/aromatic N) is 2. The van der Waals surface area contributed by atoms with Gasteiger partial charge in [-0.15, -0.1) is 6.42 Å². The topological polar surface area (TPSA) is 28.7 Å². The van der Waals surface area contributed by atoms with Gasteiger partial charge in [-0.2, -0.15) is 5.26 Å². The van der Waals surface area contributed by atoms with E-state index >= 15 is 0 Å². The van der Waals surface area contributed by atoms with E-state index in [2.05, 4.69) is 18.1 Å². The summed E-state index contributed by atoms with van der Waals surface area (Å²) < 4.78 is 2.03. The van der Waals surface area contributed by atoms with E-state index < -0.39 is 0 Å². The van der Waals surface area contributed by atoms with Gasteiger partial charge in [-0.1, -0.05) is 53.9 Å². The Hall–Kier alpha value is -3.23. The molecule has 23 heavy (non-hydrogen) atoms. The van der Waals surface area contributed by atoms with E-state index in [1.807, 2.05) is 66.2 Å². The number of benzene rings is 2. The second-order valence-electron chi connectivity index (χ2n) is 5.47. The fraction of sp³-hybridized carbons (Fsp3) is 0.0952. The van der Waals surface area contributed by atoms with E-state index in [0.29, 0.717) is 12.1 Å². The van der Waals surface area contributed by atoms with Gasteiger partial charge in [0.2, 0.25) is 0 Å². The zero-order valence-corrected chi connectivity index (χ0v) is 13.0. The van der Waals surface area contributed by atoms with Gasteiger partial charge < -0.3 is 4.57 Å². The van der Waals surface area contributed by atoms with E-state index in [1.165, 1.54) is 5.56 Å². The Morgan fingerprint density at radius 1 is 1.17 bits per heavy atom. The van der Waals surface area contributed by atoms with Gasteiger partial charge in [0, 0.05) is 22.7 Å². The van der Waals surface area contributed by atoms with Crippen molar-refractivity contribution in [3.8, 4) is 18.4 Å². The molecular weight excluding hydrogens is 280 g/mol. The lowest BCUT2D eigenvalue weighted by Crippen LogP contribution is -1.91. The molecule has 0 aliphatic rings. The van der Waals surface area contributed by atoms with Crippen molar-refractivity contribution in [2.24, 2.45) is 0 Å². The predicted octanol–water partition coefficient (Wildman–Crippen LogP) is 4.65. The van der Waals surface area contributed by atoms with E-state index in [-0.39, 0.29) is 0 Å². The van der Waals surface area contributed by atoms with Gasteiger partial charge in [0.15, 0.2) is 0 Å². The molecule has 0 aliphatic heterocycles. The van der Waals surface area contributed by atoms with Crippen molar-refractivity contribution < 1.29 is 0 Å². The zero-order chi connectivity index (χ0) is 16.2. The summed E-state index contributed by atoms with van der Waals surface area (Å²) >= 11 is 0. The van der Waals surface area contributed by atoms with Crippen LogP contribution >= 0.6 is 0 Å². The van der Waals surface area contributed by atoms with Crippen molar-refractivity contribution in [1.29, 1.82) is 5.26 Å². The molecule has 0 saturated carbocycles. The molecule has 2 aromatic carbocycles. The van der Waals surface area contributed by atoms with Crippen LogP contribution in [0.2, 0.25) is 0 Å². The Labute approximate surface area is 136 Å². The number of aryl methyl sites for hydroxylation is 1. The van der Waals surface area contributed by atoms with Crippen LogP contribution in [0.1, 0.15) is 16.7 Å². The monoisotopic (exact) mass is 296 g/mol. The van der Waals surface area contributed by atoms with Crippen molar-refractivity contribution in [3.05, 3.63) is 71.4 Å². The molecule has 0 bridgehead atoms. The first-order chi connectivity index (χ1) is 11.2. The maximum absolute atomic E-state index is 9.53. The predicted molar refractivity (Wildman–Crippen MR) is 95.4 cm³/mol. The van der Waals surface area contributed by atoms with Crippen LogP contribution in [0.3, 0.4) is 0 Å². The Kier molecular flexibility index (Phi) is 4.00. The van der Waals surface area contributed by atoms with Crippen molar-refractivity contribution in [2.45, 2.75) is 13.5 Å². The van der Waals surface area contributed by atoms with Gasteiger partial charge in [0.25, 0.3) is 0 Å². The first kappa shape index (κ1) is 14.7. The molecule has 0 saturated heterocycles. The number of rotatable bonds is 3. The van der Waals surface area contributed by atoms with Gasteiger partial charge >= 0.3 is 0 Å². The highest BCUT2D eigenvalue weighted by molar-refractivity contribution is 5.98. The molecule has 0 fully saturated rings. The standard InChI is InChI=1S/C21H16N2/c1-3-12-23-15-19(20-6-4-5-7-21(20)23)13-18(14-22)17-10-8-16(2)9-11-17/h1,4-11,13,15H,12H2,2H3/b18-13-. The fourth-order valence-corrected chi connectivity index (χ4v) is 2.69. The average molecular weight is 296 g/mol. The number of aromatic nitrogens is 1. The van der Waals surface area contributed by atoms with Crippen molar-refractivity contribution in [3.63, 3.8) is 0 Å². The highest BCUT2D eigenvalue weighted by atomic mass is 14.9. The van der Waals surface area contributed by atoms with E-state index in [4.69, 9.17) is 6.42 Å². The molecule has 0 atom stereocenters. The minimum Gasteiger partial charge on any atom is -0.335 e. The maximum atomic E-state index is 9.53. The first-order valence-corrected chi connectivity index (χ1v) is 7.43. The van der Waals surface area contributed by atoms with Crippen LogP contribution in [0.4, 0.5) is 0 Å². The molecule has 3 rings (SSSR count). The Balaban J connectivity index is 2.14. The Morgan fingerprint density at radius 3 is 2.61 bits per heavy atom. The van der Waals surface area contributed by atoms with Gasteiger partial charge in [-0.25, -0.2) is 0 Å². The van der Waals surface area contributed by atoms with Gasteiger partial charge in [0.05, 0.1) is 18.2 Å². The third kappa shape index (κ3) is 2.89. The Bertz CT molecular complexity index is 958.